The number of likely N-dealkylation sites (tertiary alicyclic amines) is 1. The van der Waals surface area contributed by atoms with Crippen LogP contribution in [0.2, 0.25) is 0 Å². The molecular weight excluding hydrogens is 458 g/mol. The van der Waals surface area contributed by atoms with E-state index in [4.69, 9.17) is 0 Å². The van der Waals surface area contributed by atoms with Crippen molar-refractivity contribution in [1.82, 2.24) is 10.2 Å². The first-order chi connectivity index (χ1) is 16.9. The summed E-state index contributed by atoms with van der Waals surface area (Å²) < 4.78 is 29.0. The van der Waals surface area contributed by atoms with E-state index in [9.17, 15) is 13.2 Å². The predicted molar refractivity (Wildman–Crippen MR) is 140 cm³/mol. The molecule has 1 aliphatic rings. The molecule has 1 aliphatic heterocycles. The number of para-hydroxylation sites is 1. The highest BCUT2D eigenvalue weighted by atomic mass is 32.2. The first-order valence-electron chi connectivity index (χ1n) is 12.2. The molecule has 0 bridgehead atoms. The van der Waals surface area contributed by atoms with Crippen LogP contribution in [0.15, 0.2) is 83.8 Å². The highest BCUT2D eigenvalue weighted by Crippen LogP contribution is 2.29. The number of hydrogen-bond acceptors (Lipinski definition) is 4. The third kappa shape index (κ3) is 6.29. The van der Waals surface area contributed by atoms with Crippen molar-refractivity contribution in [3.8, 4) is 0 Å². The molecule has 35 heavy (non-hydrogen) atoms. The van der Waals surface area contributed by atoms with Crippen LogP contribution >= 0.6 is 0 Å². The maximum absolute atomic E-state index is 13.8. The average Bonchev–Trinajstić information content (AvgIpc) is 3.39. The molecule has 0 aromatic heterocycles. The zero-order valence-corrected chi connectivity index (χ0v) is 21.0. The average molecular weight is 492 g/mol. The summed E-state index contributed by atoms with van der Waals surface area (Å²) >= 11 is 0. The molecule has 0 aliphatic carbocycles. The molecule has 3 aromatic rings. The minimum Gasteiger partial charge on any atom is -0.352 e. The second-order valence-electron chi connectivity index (χ2n) is 8.99. The normalized spacial score (nSPS) is 14.1. The molecule has 4 rings (SSSR count). The van der Waals surface area contributed by atoms with Crippen molar-refractivity contribution in [2.45, 2.75) is 37.6 Å². The van der Waals surface area contributed by atoms with Crippen LogP contribution in [0.25, 0.3) is 0 Å². The molecule has 0 saturated carbocycles. The number of sulfonamides is 1. The van der Waals surface area contributed by atoms with Crippen molar-refractivity contribution in [1.29, 1.82) is 0 Å². The molecule has 1 amide bonds. The molecule has 7 heteroatoms. The molecule has 184 valence electrons. The van der Waals surface area contributed by atoms with Gasteiger partial charge in [-0.1, -0.05) is 60.2 Å². The Morgan fingerprint density at radius 3 is 2.29 bits per heavy atom. The van der Waals surface area contributed by atoms with Crippen molar-refractivity contribution in [3.05, 3.63) is 95.6 Å². The molecule has 1 saturated heterocycles. The summed E-state index contributed by atoms with van der Waals surface area (Å²) in [7, 11) is -3.91. The maximum atomic E-state index is 13.8. The number of rotatable bonds is 10. The predicted octanol–water partition coefficient (Wildman–Crippen LogP) is 4.61. The van der Waals surface area contributed by atoms with E-state index in [1.54, 1.807) is 48.5 Å². The van der Waals surface area contributed by atoms with E-state index >= 15 is 0 Å². The Morgan fingerprint density at radius 1 is 0.914 bits per heavy atom. The van der Waals surface area contributed by atoms with Gasteiger partial charge in [0.05, 0.1) is 22.7 Å². The Balaban J connectivity index is 1.60. The van der Waals surface area contributed by atoms with Gasteiger partial charge in [0.25, 0.3) is 15.9 Å². The summed E-state index contributed by atoms with van der Waals surface area (Å²) in [4.78, 5) is 15.8. The van der Waals surface area contributed by atoms with E-state index < -0.39 is 10.0 Å². The number of nitrogens with one attached hydrogen (secondary N) is 1. The van der Waals surface area contributed by atoms with Crippen molar-refractivity contribution < 1.29 is 13.2 Å². The fourth-order valence-corrected chi connectivity index (χ4v) is 5.85. The smallest absolute Gasteiger partial charge is 0.264 e. The Morgan fingerprint density at radius 2 is 1.57 bits per heavy atom. The summed E-state index contributed by atoms with van der Waals surface area (Å²) in [5.74, 6) is -0.265. The number of carbonyl (C=O) groups is 1. The third-order valence-corrected chi connectivity index (χ3v) is 8.10. The van der Waals surface area contributed by atoms with E-state index in [1.807, 2.05) is 37.3 Å². The quantitative estimate of drug-likeness (QED) is 0.421. The third-order valence-electron chi connectivity index (χ3n) is 6.33. The van der Waals surface area contributed by atoms with Crippen LogP contribution in [0.4, 0.5) is 5.69 Å². The van der Waals surface area contributed by atoms with Gasteiger partial charge in [-0.2, -0.15) is 0 Å². The Bertz CT molecular complexity index is 1220. The number of aryl methyl sites for hydroxylation is 1. The molecular formula is C28H33N3O3S. The molecule has 0 radical (unpaired) electrons. The van der Waals surface area contributed by atoms with Gasteiger partial charge in [0.15, 0.2) is 0 Å². The van der Waals surface area contributed by atoms with Crippen LogP contribution < -0.4 is 9.62 Å². The summed E-state index contributed by atoms with van der Waals surface area (Å²) in [5, 5.41) is 2.99. The van der Waals surface area contributed by atoms with Crippen LogP contribution in [0.3, 0.4) is 0 Å². The minimum atomic E-state index is -3.91. The summed E-state index contributed by atoms with van der Waals surface area (Å²) in [6.07, 6.45) is 3.35. The largest absolute Gasteiger partial charge is 0.352 e. The van der Waals surface area contributed by atoms with Gasteiger partial charge >= 0.3 is 0 Å². The molecule has 1 fully saturated rings. The van der Waals surface area contributed by atoms with Crippen molar-refractivity contribution in [3.63, 3.8) is 0 Å². The fourth-order valence-electron chi connectivity index (χ4n) is 4.38. The number of amides is 1. The maximum Gasteiger partial charge on any atom is 0.264 e. The number of hydrogen-bond donors (Lipinski definition) is 1. The standard InChI is InChI=1S/C28H33N3O3S/c1-23-14-16-25(17-15-23)35(33,34)31(22-24-10-3-2-4-11-24)27-13-6-5-12-26(27)28(32)29-18-9-21-30-19-7-8-20-30/h2-6,10-17H,7-9,18-22H2,1H3,(H,29,32). The molecule has 0 spiro atoms. The second kappa shape index (κ2) is 11.5. The van der Waals surface area contributed by atoms with Gasteiger partial charge in [-0.25, -0.2) is 8.42 Å². The lowest BCUT2D eigenvalue weighted by atomic mass is 10.1. The van der Waals surface area contributed by atoms with Crippen LogP contribution in [0.1, 0.15) is 40.7 Å². The van der Waals surface area contributed by atoms with E-state index in [1.165, 1.54) is 17.1 Å². The lowest BCUT2D eigenvalue weighted by Gasteiger charge is -2.27. The van der Waals surface area contributed by atoms with E-state index in [-0.39, 0.29) is 17.3 Å². The first kappa shape index (κ1) is 24.9. The first-order valence-corrected chi connectivity index (χ1v) is 13.6. The summed E-state index contributed by atoms with van der Waals surface area (Å²) in [6, 6.07) is 23.2. The van der Waals surface area contributed by atoms with Gasteiger partial charge < -0.3 is 10.2 Å². The number of nitrogens with zero attached hydrogens (tertiary/aromatic N) is 2. The highest BCUT2D eigenvalue weighted by molar-refractivity contribution is 7.92. The monoisotopic (exact) mass is 491 g/mol. The van der Waals surface area contributed by atoms with E-state index in [0.29, 0.717) is 17.8 Å². The van der Waals surface area contributed by atoms with Crippen molar-refractivity contribution in [2.24, 2.45) is 0 Å². The highest BCUT2D eigenvalue weighted by Gasteiger charge is 2.28. The Kier molecular flexibility index (Phi) is 8.21. The van der Waals surface area contributed by atoms with Gasteiger partial charge in [-0.15, -0.1) is 0 Å². The summed E-state index contributed by atoms with van der Waals surface area (Å²) in [6.45, 7) is 5.80. The zero-order valence-electron chi connectivity index (χ0n) is 20.2. The SMILES string of the molecule is Cc1ccc(S(=O)(=O)N(Cc2ccccc2)c2ccccc2C(=O)NCCCN2CCCC2)cc1. The van der Waals surface area contributed by atoms with Crippen LogP contribution in [0.5, 0.6) is 0 Å². The lowest BCUT2D eigenvalue weighted by Crippen LogP contribution is -2.34. The van der Waals surface area contributed by atoms with Gasteiger partial charge in [0.2, 0.25) is 0 Å². The van der Waals surface area contributed by atoms with Crippen molar-refractivity contribution in [2.75, 3.05) is 30.5 Å². The van der Waals surface area contributed by atoms with Crippen molar-refractivity contribution >= 4 is 21.6 Å². The Labute approximate surface area is 208 Å². The topological polar surface area (TPSA) is 69.7 Å². The number of anilines is 1. The second-order valence-corrected chi connectivity index (χ2v) is 10.8. The van der Waals surface area contributed by atoms with Gasteiger partial charge in [0.1, 0.15) is 0 Å². The molecule has 6 nitrogen and oxygen atoms in total. The van der Waals surface area contributed by atoms with Gasteiger partial charge in [0, 0.05) is 6.54 Å². The summed E-state index contributed by atoms with van der Waals surface area (Å²) in [5.41, 5.74) is 2.53. The van der Waals surface area contributed by atoms with E-state index in [0.717, 1.165) is 37.2 Å². The van der Waals surface area contributed by atoms with Gasteiger partial charge in [-0.05, 0) is 75.6 Å². The van der Waals surface area contributed by atoms with E-state index in [2.05, 4.69) is 10.2 Å². The molecule has 1 heterocycles. The van der Waals surface area contributed by atoms with Crippen LogP contribution in [-0.2, 0) is 16.6 Å². The Hall–Kier alpha value is -3.16. The lowest BCUT2D eigenvalue weighted by molar-refractivity contribution is 0.0952. The molecule has 0 atom stereocenters. The number of benzene rings is 3. The number of carbonyl (C=O) groups excluding carboxylic acids is 1. The molecule has 0 unspecified atom stereocenters. The van der Waals surface area contributed by atoms with Crippen LogP contribution in [0, 0.1) is 6.92 Å². The molecule has 1 N–H and O–H groups in total. The van der Waals surface area contributed by atoms with Crippen LogP contribution in [-0.4, -0.2) is 45.4 Å². The minimum absolute atomic E-state index is 0.121. The zero-order chi connectivity index (χ0) is 24.7. The van der Waals surface area contributed by atoms with Gasteiger partial charge in [-0.3, -0.25) is 9.10 Å². The molecule has 3 aromatic carbocycles. The fraction of sp³-hybridized carbons (Fsp3) is 0.321.